The number of oxazole rings is 1. The van der Waals surface area contributed by atoms with Gasteiger partial charge in [-0.25, -0.2) is 4.79 Å². The maximum Gasteiger partial charge on any atom is 0.321 e. The molecule has 0 unspecified atom stereocenters. The summed E-state index contributed by atoms with van der Waals surface area (Å²) in [5, 5.41) is 6.33. The smallest absolute Gasteiger partial charge is 0.321 e. The number of fused-ring (bicyclic) bond motifs is 1. The van der Waals surface area contributed by atoms with Gasteiger partial charge in [0.2, 0.25) is 0 Å². The van der Waals surface area contributed by atoms with E-state index in [0.29, 0.717) is 19.1 Å². The second kappa shape index (κ2) is 7.92. The van der Waals surface area contributed by atoms with Gasteiger partial charge in [0.1, 0.15) is 5.52 Å². The lowest BCUT2D eigenvalue weighted by molar-refractivity contribution is 0.196. The van der Waals surface area contributed by atoms with E-state index in [1.165, 1.54) is 4.90 Å². The fraction of sp³-hybridized carbons (Fsp3) is 0.300. The summed E-state index contributed by atoms with van der Waals surface area (Å²) in [6.07, 6.45) is 3.75. The van der Waals surface area contributed by atoms with Crippen molar-refractivity contribution in [2.45, 2.75) is 23.8 Å². The number of nitrogens with one attached hydrogen (secondary N) is 2. The van der Waals surface area contributed by atoms with E-state index in [1.807, 2.05) is 59.7 Å². The van der Waals surface area contributed by atoms with Gasteiger partial charge in [0.05, 0.1) is 0 Å². The predicted octanol–water partition coefficient (Wildman–Crippen LogP) is 4.66. The zero-order valence-corrected chi connectivity index (χ0v) is 16.0. The van der Waals surface area contributed by atoms with E-state index in [9.17, 15) is 4.79 Å². The fourth-order valence-electron chi connectivity index (χ4n) is 3.21. The number of hydrogen-bond donors (Lipinski definition) is 2. The van der Waals surface area contributed by atoms with Crippen LogP contribution in [-0.4, -0.2) is 41.3 Å². The summed E-state index contributed by atoms with van der Waals surface area (Å²) in [4.78, 5) is 20.0. The van der Waals surface area contributed by atoms with Crippen LogP contribution in [0.3, 0.4) is 0 Å². The molecule has 0 bridgehead atoms. The average molecular weight is 382 g/mol. The minimum absolute atomic E-state index is 0.0489. The minimum Gasteiger partial charge on any atom is -0.424 e. The molecular weight excluding hydrogens is 360 g/mol. The molecule has 2 heterocycles. The van der Waals surface area contributed by atoms with Crippen LogP contribution in [0.1, 0.15) is 12.8 Å². The number of anilines is 2. The van der Waals surface area contributed by atoms with Crippen LogP contribution in [0.15, 0.2) is 57.8 Å². The van der Waals surface area contributed by atoms with Crippen molar-refractivity contribution in [2.24, 2.45) is 0 Å². The monoisotopic (exact) mass is 382 g/mol. The first-order chi connectivity index (χ1) is 13.2. The van der Waals surface area contributed by atoms with Crippen LogP contribution in [0.25, 0.3) is 11.1 Å². The van der Waals surface area contributed by atoms with E-state index in [1.54, 1.807) is 11.8 Å². The lowest BCUT2D eigenvalue weighted by Gasteiger charge is -2.32. The Kier molecular flexibility index (Phi) is 5.20. The van der Waals surface area contributed by atoms with Gasteiger partial charge < -0.3 is 20.0 Å². The minimum atomic E-state index is -0.0489. The van der Waals surface area contributed by atoms with E-state index >= 15 is 0 Å². The molecule has 2 amide bonds. The van der Waals surface area contributed by atoms with Crippen LogP contribution in [0, 0.1) is 0 Å². The predicted molar refractivity (Wildman–Crippen MR) is 109 cm³/mol. The van der Waals surface area contributed by atoms with Gasteiger partial charge in [-0.2, -0.15) is 4.98 Å². The van der Waals surface area contributed by atoms with Crippen molar-refractivity contribution in [1.82, 2.24) is 9.88 Å². The van der Waals surface area contributed by atoms with Crippen molar-refractivity contribution in [3.63, 3.8) is 0 Å². The molecule has 2 aromatic carbocycles. The van der Waals surface area contributed by atoms with E-state index in [0.717, 1.165) is 29.6 Å². The Morgan fingerprint density at radius 2 is 1.89 bits per heavy atom. The van der Waals surface area contributed by atoms with Crippen molar-refractivity contribution in [3.8, 4) is 0 Å². The summed E-state index contributed by atoms with van der Waals surface area (Å²) in [7, 11) is 0. The van der Waals surface area contributed by atoms with Crippen LogP contribution >= 0.6 is 11.8 Å². The van der Waals surface area contributed by atoms with Crippen LogP contribution in [0.2, 0.25) is 0 Å². The van der Waals surface area contributed by atoms with Crippen molar-refractivity contribution >= 4 is 40.6 Å². The van der Waals surface area contributed by atoms with Crippen LogP contribution < -0.4 is 10.6 Å². The molecule has 27 heavy (non-hydrogen) atoms. The Hall–Kier alpha value is -2.67. The summed E-state index contributed by atoms with van der Waals surface area (Å²) in [6.45, 7) is 1.40. The number of carbonyl (C=O) groups excluding carboxylic acids is 1. The first-order valence-corrected chi connectivity index (χ1v) is 10.3. The van der Waals surface area contributed by atoms with Gasteiger partial charge in [0.15, 0.2) is 5.58 Å². The standard InChI is InChI=1S/C20H22N4O2S/c1-27-16-8-6-14(7-9-16)22-20(25)24-12-10-15(11-13-24)21-19-23-17-4-2-3-5-18(17)26-19/h2-9,15H,10-13H2,1H3,(H,21,23)(H,22,25). The Morgan fingerprint density at radius 3 is 2.59 bits per heavy atom. The van der Waals surface area contributed by atoms with Crippen molar-refractivity contribution in [1.29, 1.82) is 0 Å². The molecule has 6 nitrogen and oxygen atoms in total. The number of para-hydroxylation sites is 2. The van der Waals surface area contributed by atoms with Gasteiger partial charge in [0, 0.05) is 29.7 Å². The maximum absolute atomic E-state index is 12.5. The zero-order chi connectivity index (χ0) is 18.6. The van der Waals surface area contributed by atoms with E-state index < -0.39 is 0 Å². The van der Waals surface area contributed by atoms with E-state index in [2.05, 4.69) is 15.6 Å². The molecular formula is C20H22N4O2S. The second-order valence-electron chi connectivity index (χ2n) is 6.55. The van der Waals surface area contributed by atoms with Gasteiger partial charge >= 0.3 is 6.03 Å². The Morgan fingerprint density at radius 1 is 1.15 bits per heavy atom. The van der Waals surface area contributed by atoms with Crippen LogP contribution in [0.5, 0.6) is 0 Å². The molecule has 0 spiro atoms. The molecule has 3 aromatic rings. The van der Waals surface area contributed by atoms with Crippen LogP contribution in [0.4, 0.5) is 16.5 Å². The molecule has 2 N–H and O–H groups in total. The quantitative estimate of drug-likeness (QED) is 0.642. The van der Waals surface area contributed by atoms with Gasteiger partial charge in [-0.15, -0.1) is 11.8 Å². The summed E-state index contributed by atoms with van der Waals surface area (Å²) < 4.78 is 5.73. The number of aromatic nitrogens is 1. The number of amides is 2. The Labute approximate surface area is 162 Å². The number of benzene rings is 2. The summed E-state index contributed by atoms with van der Waals surface area (Å²) in [6, 6.07) is 16.4. The Balaban J connectivity index is 1.29. The van der Waals surface area contributed by atoms with Crippen molar-refractivity contribution in [3.05, 3.63) is 48.5 Å². The van der Waals surface area contributed by atoms with Crippen LogP contribution in [-0.2, 0) is 0 Å². The SMILES string of the molecule is CSc1ccc(NC(=O)N2CCC(Nc3nc4ccccc4o3)CC2)cc1. The lowest BCUT2D eigenvalue weighted by Crippen LogP contribution is -2.44. The molecule has 0 radical (unpaired) electrons. The maximum atomic E-state index is 12.5. The first-order valence-electron chi connectivity index (χ1n) is 9.03. The molecule has 140 valence electrons. The van der Waals surface area contributed by atoms with Crippen molar-refractivity contribution in [2.75, 3.05) is 30.0 Å². The fourth-order valence-corrected chi connectivity index (χ4v) is 3.62. The van der Waals surface area contributed by atoms with Gasteiger partial charge in [-0.3, -0.25) is 0 Å². The highest BCUT2D eigenvalue weighted by atomic mass is 32.2. The molecule has 1 saturated heterocycles. The molecule has 1 aliphatic rings. The van der Waals surface area contributed by atoms with E-state index in [4.69, 9.17) is 4.42 Å². The number of rotatable bonds is 4. The average Bonchev–Trinajstić information content (AvgIpc) is 3.11. The Bertz CT molecular complexity index is 884. The third-order valence-corrected chi connectivity index (χ3v) is 5.49. The summed E-state index contributed by atoms with van der Waals surface area (Å²) >= 11 is 1.68. The zero-order valence-electron chi connectivity index (χ0n) is 15.1. The lowest BCUT2D eigenvalue weighted by atomic mass is 10.1. The second-order valence-corrected chi connectivity index (χ2v) is 7.43. The van der Waals surface area contributed by atoms with Gasteiger partial charge in [0.25, 0.3) is 6.01 Å². The molecule has 1 aliphatic heterocycles. The largest absolute Gasteiger partial charge is 0.424 e. The third kappa shape index (κ3) is 4.19. The number of thioether (sulfide) groups is 1. The molecule has 7 heteroatoms. The molecule has 0 aliphatic carbocycles. The normalized spacial score (nSPS) is 15.1. The van der Waals surface area contributed by atoms with Crippen molar-refractivity contribution < 1.29 is 9.21 Å². The topological polar surface area (TPSA) is 70.4 Å². The number of urea groups is 1. The molecule has 1 fully saturated rings. The number of piperidine rings is 1. The van der Waals surface area contributed by atoms with Gasteiger partial charge in [-0.1, -0.05) is 12.1 Å². The number of hydrogen-bond acceptors (Lipinski definition) is 5. The summed E-state index contributed by atoms with van der Waals surface area (Å²) in [5.74, 6) is 0. The first kappa shape index (κ1) is 17.7. The van der Waals surface area contributed by atoms with E-state index in [-0.39, 0.29) is 12.1 Å². The highest BCUT2D eigenvalue weighted by Crippen LogP contribution is 2.22. The number of carbonyl (C=O) groups is 1. The highest BCUT2D eigenvalue weighted by Gasteiger charge is 2.23. The molecule has 0 atom stereocenters. The molecule has 4 rings (SSSR count). The third-order valence-electron chi connectivity index (χ3n) is 4.74. The van der Waals surface area contributed by atoms with Gasteiger partial charge in [-0.05, 0) is 55.5 Å². The molecule has 1 aromatic heterocycles. The molecule has 0 saturated carbocycles. The highest BCUT2D eigenvalue weighted by molar-refractivity contribution is 7.98. The summed E-state index contributed by atoms with van der Waals surface area (Å²) in [5.41, 5.74) is 2.46. The number of likely N-dealkylation sites (tertiary alicyclic amines) is 1. The number of nitrogens with zero attached hydrogens (tertiary/aromatic N) is 2.